The number of aromatic amines is 1. The van der Waals surface area contributed by atoms with E-state index in [9.17, 15) is 4.79 Å². The Hall–Kier alpha value is -0.450. The number of amides is 1. The average molecular weight is 298 g/mol. The highest BCUT2D eigenvalue weighted by molar-refractivity contribution is 9.10. The number of H-pyrrole nitrogens is 1. The van der Waals surface area contributed by atoms with E-state index < -0.39 is 0 Å². The normalized spacial score (nSPS) is 9.64. The van der Waals surface area contributed by atoms with Crippen LogP contribution in [-0.2, 0) is 0 Å². The van der Waals surface area contributed by atoms with Crippen molar-refractivity contribution in [2.24, 2.45) is 0 Å². The van der Waals surface area contributed by atoms with Gasteiger partial charge in [-0.3, -0.25) is 4.79 Å². The lowest BCUT2D eigenvalue weighted by Crippen LogP contribution is -2.23. The molecule has 0 aliphatic rings. The third-order valence-electron chi connectivity index (χ3n) is 1.41. The number of hydrogen-bond donors (Lipinski definition) is 2. The minimum Gasteiger partial charge on any atom is -0.356 e. The molecule has 0 radical (unpaired) electrons. The van der Waals surface area contributed by atoms with E-state index in [0.29, 0.717) is 12.2 Å². The van der Waals surface area contributed by atoms with Gasteiger partial charge in [-0.25, -0.2) is 0 Å². The van der Waals surface area contributed by atoms with Crippen molar-refractivity contribution in [1.29, 1.82) is 0 Å². The molecule has 0 bridgehead atoms. The Kier molecular flexibility index (Phi) is 4.51. The molecule has 0 aliphatic carbocycles. The Morgan fingerprint density at radius 2 is 2.36 bits per heavy atom. The van der Waals surface area contributed by atoms with Crippen LogP contribution in [0, 0.1) is 0 Å². The summed E-state index contributed by atoms with van der Waals surface area (Å²) in [6.07, 6.45) is 3.18. The summed E-state index contributed by atoms with van der Waals surface area (Å²) in [5, 5.41) is 2.61. The van der Waals surface area contributed by atoms with E-state index in [1.54, 1.807) is 12.3 Å². The van der Waals surface area contributed by atoms with Gasteiger partial charge in [0.15, 0.2) is 0 Å². The largest absolute Gasteiger partial charge is 0.356 e. The number of carbonyl (C=O) groups is 1. The van der Waals surface area contributed by atoms with E-state index in [0.717, 1.165) is 4.47 Å². The van der Waals surface area contributed by atoms with E-state index in [1.165, 1.54) is 6.08 Å². The van der Waals surface area contributed by atoms with Crippen LogP contribution >= 0.6 is 39.1 Å². The minimum absolute atomic E-state index is 0.137. The van der Waals surface area contributed by atoms with Crippen molar-refractivity contribution in [2.75, 3.05) is 6.54 Å². The molecule has 1 heterocycles. The van der Waals surface area contributed by atoms with E-state index in [-0.39, 0.29) is 10.4 Å². The second-order valence-electron chi connectivity index (χ2n) is 2.44. The zero-order valence-electron chi connectivity index (χ0n) is 6.98. The average Bonchev–Trinajstić information content (AvgIpc) is 2.51. The summed E-state index contributed by atoms with van der Waals surface area (Å²) in [6.45, 7) is 0.303. The van der Waals surface area contributed by atoms with Crippen molar-refractivity contribution in [2.45, 2.75) is 0 Å². The fourth-order valence-electron chi connectivity index (χ4n) is 0.815. The van der Waals surface area contributed by atoms with Gasteiger partial charge in [-0.15, -0.1) is 0 Å². The van der Waals surface area contributed by atoms with E-state index in [4.69, 9.17) is 23.2 Å². The van der Waals surface area contributed by atoms with Crippen molar-refractivity contribution in [3.63, 3.8) is 0 Å². The molecule has 2 N–H and O–H groups in total. The monoisotopic (exact) mass is 296 g/mol. The number of aromatic nitrogens is 1. The van der Waals surface area contributed by atoms with Gasteiger partial charge in [0.05, 0.1) is 0 Å². The van der Waals surface area contributed by atoms with Gasteiger partial charge in [0.2, 0.25) is 0 Å². The molecular weight excluding hydrogens is 291 g/mol. The summed E-state index contributed by atoms with van der Waals surface area (Å²) in [6, 6.07) is 1.68. The molecule has 0 fully saturated rings. The first-order valence-electron chi connectivity index (χ1n) is 3.73. The zero-order chi connectivity index (χ0) is 10.6. The first-order valence-corrected chi connectivity index (χ1v) is 5.28. The number of nitrogens with one attached hydrogen (secondary N) is 2. The maximum atomic E-state index is 11.4. The molecule has 1 aromatic rings. The molecule has 0 saturated heterocycles. The molecule has 1 amide bonds. The van der Waals surface area contributed by atoms with Crippen LogP contribution in [-0.4, -0.2) is 17.4 Å². The molecule has 0 atom stereocenters. The highest BCUT2D eigenvalue weighted by Gasteiger charge is 2.05. The number of halogens is 3. The van der Waals surface area contributed by atoms with Crippen LogP contribution in [0.25, 0.3) is 0 Å². The lowest BCUT2D eigenvalue weighted by Gasteiger charge is -1.98. The van der Waals surface area contributed by atoms with Gasteiger partial charge in [-0.05, 0) is 28.1 Å². The van der Waals surface area contributed by atoms with Crippen LogP contribution in [0.5, 0.6) is 0 Å². The Bertz CT molecular complexity index is 358. The first kappa shape index (κ1) is 11.6. The first-order chi connectivity index (χ1) is 6.59. The van der Waals surface area contributed by atoms with E-state index in [2.05, 4.69) is 26.2 Å². The quantitative estimate of drug-likeness (QED) is 0.885. The summed E-state index contributed by atoms with van der Waals surface area (Å²) >= 11 is 14.0. The molecule has 0 unspecified atom stereocenters. The van der Waals surface area contributed by atoms with Gasteiger partial charge < -0.3 is 10.3 Å². The number of rotatable bonds is 3. The Balaban J connectivity index is 2.47. The second kappa shape index (κ2) is 5.44. The van der Waals surface area contributed by atoms with Crippen LogP contribution in [0.4, 0.5) is 0 Å². The standard InChI is InChI=1S/C8H7BrCl2N2O/c9-5-3-6(13-4-5)8(14)12-2-1-7(10)11/h1,3-4,13H,2H2,(H,12,14). The fourth-order valence-corrected chi connectivity index (χ4v) is 1.31. The van der Waals surface area contributed by atoms with Crippen LogP contribution < -0.4 is 5.32 Å². The van der Waals surface area contributed by atoms with Crippen molar-refractivity contribution in [3.8, 4) is 0 Å². The van der Waals surface area contributed by atoms with Crippen LogP contribution in [0.2, 0.25) is 0 Å². The molecule has 6 heteroatoms. The summed E-state index contributed by atoms with van der Waals surface area (Å²) in [5.41, 5.74) is 0.482. The van der Waals surface area contributed by atoms with E-state index >= 15 is 0 Å². The second-order valence-corrected chi connectivity index (χ2v) is 4.36. The maximum absolute atomic E-state index is 11.4. The lowest BCUT2D eigenvalue weighted by molar-refractivity contribution is 0.0953. The van der Waals surface area contributed by atoms with Crippen molar-refractivity contribution in [3.05, 3.63) is 33.0 Å². The van der Waals surface area contributed by atoms with Gasteiger partial charge >= 0.3 is 0 Å². The Morgan fingerprint density at radius 3 is 2.86 bits per heavy atom. The lowest BCUT2D eigenvalue weighted by atomic mass is 10.4. The number of carbonyl (C=O) groups excluding carboxylic acids is 1. The maximum Gasteiger partial charge on any atom is 0.267 e. The smallest absolute Gasteiger partial charge is 0.267 e. The summed E-state index contributed by atoms with van der Waals surface area (Å²) < 4.78 is 0.964. The molecule has 3 nitrogen and oxygen atoms in total. The molecule has 14 heavy (non-hydrogen) atoms. The van der Waals surface area contributed by atoms with Crippen LogP contribution in [0.3, 0.4) is 0 Å². The topological polar surface area (TPSA) is 44.9 Å². The van der Waals surface area contributed by atoms with Crippen molar-refractivity contribution >= 4 is 45.0 Å². The Labute approximate surface area is 99.6 Å². The molecule has 0 saturated carbocycles. The van der Waals surface area contributed by atoms with Gasteiger partial charge in [-0.1, -0.05) is 23.2 Å². The summed E-state index contributed by atoms with van der Waals surface area (Å²) in [4.78, 5) is 14.2. The van der Waals surface area contributed by atoms with E-state index in [1.807, 2.05) is 0 Å². The molecule has 1 aromatic heterocycles. The minimum atomic E-state index is -0.207. The molecule has 0 aromatic carbocycles. The summed E-state index contributed by atoms with van der Waals surface area (Å²) in [7, 11) is 0. The predicted molar refractivity (Wildman–Crippen MR) is 60.6 cm³/mol. The predicted octanol–water partition coefficient (Wildman–Crippen LogP) is 2.83. The fraction of sp³-hybridized carbons (Fsp3) is 0.125. The summed E-state index contributed by atoms with van der Waals surface area (Å²) in [5.74, 6) is -0.207. The highest BCUT2D eigenvalue weighted by atomic mass is 79.9. The molecule has 0 spiro atoms. The van der Waals surface area contributed by atoms with Crippen LogP contribution in [0.1, 0.15) is 10.5 Å². The third-order valence-corrected chi connectivity index (χ3v) is 2.18. The Morgan fingerprint density at radius 1 is 1.64 bits per heavy atom. The zero-order valence-corrected chi connectivity index (χ0v) is 10.1. The SMILES string of the molecule is O=C(NCC=C(Cl)Cl)c1cc(Br)c[nH]1. The van der Waals surface area contributed by atoms with Crippen LogP contribution in [0.15, 0.2) is 27.3 Å². The van der Waals surface area contributed by atoms with Gasteiger partial charge in [-0.2, -0.15) is 0 Å². The molecule has 0 aliphatic heterocycles. The highest BCUT2D eigenvalue weighted by Crippen LogP contribution is 2.10. The molecule has 1 rings (SSSR count). The molecular formula is C8H7BrCl2N2O. The molecule has 76 valence electrons. The van der Waals surface area contributed by atoms with Gasteiger partial charge in [0.25, 0.3) is 5.91 Å². The third kappa shape index (κ3) is 3.74. The van der Waals surface area contributed by atoms with Gasteiger partial charge in [0.1, 0.15) is 10.2 Å². The number of hydrogen-bond acceptors (Lipinski definition) is 1. The van der Waals surface area contributed by atoms with Gasteiger partial charge in [0, 0.05) is 17.2 Å². The van der Waals surface area contributed by atoms with Crippen molar-refractivity contribution in [1.82, 2.24) is 10.3 Å². The van der Waals surface area contributed by atoms with Crippen molar-refractivity contribution < 1.29 is 4.79 Å².